The first-order valence-electron chi connectivity index (χ1n) is 4.88. The molecule has 1 aromatic rings. The van der Waals surface area contributed by atoms with Crippen LogP contribution in [0.5, 0.6) is 0 Å². The lowest BCUT2D eigenvalue weighted by Crippen LogP contribution is -2.27. The summed E-state index contributed by atoms with van der Waals surface area (Å²) in [5.41, 5.74) is 0.777. The van der Waals surface area contributed by atoms with Gasteiger partial charge in [-0.2, -0.15) is 0 Å². The van der Waals surface area contributed by atoms with Crippen LogP contribution >= 0.6 is 24.0 Å². The molecule has 0 aliphatic carbocycles. The molecule has 3 nitrogen and oxygen atoms in total. The highest BCUT2D eigenvalue weighted by atomic mass is 32.2. The summed E-state index contributed by atoms with van der Waals surface area (Å²) in [5, 5.41) is 0. The van der Waals surface area contributed by atoms with Crippen molar-refractivity contribution in [3.8, 4) is 0 Å². The first kappa shape index (κ1) is 11.3. The smallest absolute Gasteiger partial charge is 0.266 e. The SMILES string of the molecule is CCN1C(=O)C(=Cc2ccccn2)SC1=S. The number of likely N-dealkylation sites (N-methyl/N-ethyl adjacent to an activating group) is 1. The fourth-order valence-electron chi connectivity index (χ4n) is 1.37. The number of carbonyl (C=O) groups is 1. The molecule has 0 saturated carbocycles. The van der Waals surface area contributed by atoms with Gasteiger partial charge in [-0.3, -0.25) is 14.7 Å². The van der Waals surface area contributed by atoms with E-state index in [1.165, 1.54) is 11.8 Å². The molecule has 1 fully saturated rings. The molecule has 0 unspecified atom stereocenters. The van der Waals surface area contributed by atoms with Crippen LogP contribution in [0.4, 0.5) is 0 Å². The zero-order valence-corrected chi connectivity index (χ0v) is 10.3. The molecule has 1 saturated heterocycles. The van der Waals surface area contributed by atoms with Crippen LogP contribution < -0.4 is 0 Å². The van der Waals surface area contributed by atoms with Gasteiger partial charge in [0, 0.05) is 12.7 Å². The second kappa shape index (κ2) is 4.76. The maximum atomic E-state index is 11.9. The Bertz CT molecular complexity index is 456. The number of nitrogens with zero attached hydrogens (tertiary/aromatic N) is 2. The van der Waals surface area contributed by atoms with Crippen LogP contribution in [0, 0.1) is 0 Å². The topological polar surface area (TPSA) is 33.2 Å². The molecule has 1 aliphatic rings. The molecular weight excluding hydrogens is 240 g/mol. The van der Waals surface area contributed by atoms with Crippen molar-refractivity contribution in [2.45, 2.75) is 6.92 Å². The van der Waals surface area contributed by atoms with Crippen molar-refractivity contribution in [2.24, 2.45) is 0 Å². The third-order valence-electron chi connectivity index (χ3n) is 2.16. The van der Waals surface area contributed by atoms with Crippen molar-refractivity contribution in [1.29, 1.82) is 0 Å². The second-order valence-corrected chi connectivity index (χ2v) is 4.86. The number of aromatic nitrogens is 1. The van der Waals surface area contributed by atoms with E-state index in [0.717, 1.165) is 5.69 Å². The van der Waals surface area contributed by atoms with E-state index in [1.54, 1.807) is 17.2 Å². The Kier molecular flexibility index (Phi) is 3.36. The van der Waals surface area contributed by atoms with Gasteiger partial charge >= 0.3 is 0 Å². The summed E-state index contributed by atoms with van der Waals surface area (Å²) >= 11 is 6.45. The Hall–Kier alpha value is -1.20. The lowest BCUT2D eigenvalue weighted by molar-refractivity contribution is -0.121. The average Bonchev–Trinajstić information content (AvgIpc) is 2.55. The number of amides is 1. The van der Waals surface area contributed by atoms with Gasteiger partial charge < -0.3 is 0 Å². The van der Waals surface area contributed by atoms with Crippen molar-refractivity contribution >= 4 is 40.3 Å². The molecule has 2 heterocycles. The van der Waals surface area contributed by atoms with E-state index in [1.807, 2.05) is 25.1 Å². The van der Waals surface area contributed by atoms with E-state index in [-0.39, 0.29) is 5.91 Å². The highest BCUT2D eigenvalue weighted by Crippen LogP contribution is 2.31. The molecule has 16 heavy (non-hydrogen) atoms. The molecule has 0 atom stereocenters. The minimum atomic E-state index is -0.0249. The molecule has 0 bridgehead atoms. The third-order valence-corrected chi connectivity index (χ3v) is 3.53. The average molecular weight is 250 g/mol. The van der Waals surface area contributed by atoms with E-state index >= 15 is 0 Å². The van der Waals surface area contributed by atoms with Crippen molar-refractivity contribution in [2.75, 3.05) is 6.54 Å². The fraction of sp³-hybridized carbons (Fsp3) is 0.182. The molecule has 0 N–H and O–H groups in total. The van der Waals surface area contributed by atoms with Crippen molar-refractivity contribution in [1.82, 2.24) is 9.88 Å². The molecular formula is C11H10N2OS2. The van der Waals surface area contributed by atoms with Gasteiger partial charge in [0.15, 0.2) is 0 Å². The summed E-state index contributed by atoms with van der Waals surface area (Å²) in [6.45, 7) is 2.53. The van der Waals surface area contributed by atoms with E-state index in [0.29, 0.717) is 15.8 Å². The quantitative estimate of drug-likeness (QED) is 0.595. The summed E-state index contributed by atoms with van der Waals surface area (Å²) in [6.07, 6.45) is 3.47. The molecule has 1 amide bonds. The van der Waals surface area contributed by atoms with E-state index in [4.69, 9.17) is 12.2 Å². The zero-order valence-electron chi connectivity index (χ0n) is 8.71. The number of thioether (sulfide) groups is 1. The Morgan fingerprint density at radius 3 is 2.94 bits per heavy atom. The summed E-state index contributed by atoms with van der Waals surface area (Å²) < 4.78 is 0.620. The lowest BCUT2D eigenvalue weighted by Gasteiger charge is -2.09. The van der Waals surface area contributed by atoms with Crippen LogP contribution in [-0.4, -0.2) is 26.7 Å². The van der Waals surface area contributed by atoms with Gasteiger partial charge in [0.2, 0.25) is 0 Å². The summed E-state index contributed by atoms with van der Waals surface area (Å²) in [7, 11) is 0. The van der Waals surface area contributed by atoms with Gasteiger partial charge in [0.05, 0.1) is 10.6 Å². The van der Waals surface area contributed by atoms with Crippen LogP contribution in [0.15, 0.2) is 29.3 Å². The number of thiocarbonyl (C=S) groups is 1. The van der Waals surface area contributed by atoms with E-state index in [9.17, 15) is 4.79 Å². The normalized spacial score (nSPS) is 18.6. The highest BCUT2D eigenvalue weighted by Gasteiger charge is 2.30. The first-order chi connectivity index (χ1) is 7.72. The number of hydrogen-bond acceptors (Lipinski definition) is 4. The third kappa shape index (κ3) is 2.15. The highest BCUT2D eigenvalue weighted by molar-refractivity contribution is 8.26. The number of rotatable bonds is 2. The molecule has 0 radical (unpaired) electrons. The van der Waals surface area contributed by atoms with Gasteiger partial charge in [-0.05, 0) is 25.1 Å². The standard InChI is InChI=1S/C11H10N2OS2/c1-2-13-10(14)9(16-11(13)15)7-8-5-3-4-6-12-8/h3-7H,2H2,1H3. The number of carbonyl (C=O) groups excluding carboxylic acids is 1. The molecule has 0 aromatic carbocycles. The van der Waals surface area contributed by atoms with Gasteiger partial charge in [-0.1, -0.05) is 30.0 Å². The molecule has 2 rings (SSSR count). The fourth-order valence-corrected chi connectivity index (χ4v) is 2.74. The summed E-state index contributed by atoms with van der Waals surface area (Å²) in [5.74, 6) is -0.0249. The summed E-state index contributed by atoms with van der Waals surface area (Å²) in [4.78, 5) is 18.3. The van der Waals surface area contributed by atoms with Gasteiger partial charge in [0.25, 0.3) is 5.91 Å². The number of hydrogen-bond donors (Lipinski definition) is 0. The Balaban J connectivity index is 2.27. The molecule has 1 aliphatic heterocycles. The molecule has 0 spiro atoms. The van der Waals surface area contributed by atoms with E-state index < -0.39 is 0 Å². The predicted molar refractivity (Wildman–Crippen MR) is 69.8 cm³/mol. The minimum Gasteiger partial charge on any atom is -0.293 e. The van der Waals surface area contributed by atoms with Crippen molar-refractivity contribution in [3.05, 3.63) is 35.0 Å². The van der Waals surface area contributed by atoms with Crippen LogP contribution in [0.1, 0.15) is 12.6 Å². The Morgan fingerprint density at radius 2 is 2.38 bits per heavy atom. The van der Waals surface area contributed by atoms with Crippen molar-refractivity contribution < 1.29 is 4.79 Å². The predicted octanol–water partition coefficient (Wildman–Crippen LogP) is 2.30. The lowest BCUT2D eigenvalue weighted by atomic mass is 10.3. The Morgan fingerprint density at radius 1 is 1.56 bits per heavy atom. The minimum absolute atomic E-state index is 0.0249. The largest absolute Gasteiger partial charge is 0.293 e. The van der Waals surface area contributed by atoms with Gasteiger partial charge in [-0.25, -0.2) is 0 Å². The van der Waals surface area contributed by atoms with Crippen LogP contribution in [-0.2, 0) is 4.79 Å². The van der Waals surface area contributed by atoms with Crippen molar-refractivity contribution in [3.63, 3.8) is 0 Å². The second-order valence-electron chi connectivity index (χ2n) is 3.18. The summed E-state index contributed by atoms with van der Waals surface area (Å²) in [6, 6.07) is 5.59. The first-order valence-corrected chi connectivity index (χ1v) is 6.11. The maximum Gasteiger partial charge on any atom is 0.266 e. The van der Waals surface area contributed by atoms with Crippen LogP contribution in [0.3, 0.4) is 0 Å². The molecule has 5 heteroatoms. The zero-order chi connectivity index (χ0) is 11.5. The molecule has 82 valence electrons. The monoisotopic (exact) mass is 250 g/mol. The van der Waals surface area contributed by atoms with Gasteiger partial charge in [-0.15, -0.1) is 0 Å². The molecule has 1 aromatic heterocycles. The van der Waals surface area contributed by atoms with E-state index in [2.05, 4.69) is 4.98 Å². The van der Waals surface area contributed by atoms with Crippen LogP contribution in [0.25, 0.3) is 6.08 Å². The number of pyridine rings is 1. The maximum absolute atomic E-state index is 11.9. The Labute approximate surface area is 104 Å². The van der Waals surface area contributed by atoms with Gasteiger partial charge in [0.1, 0.15) is 4.32 Å². The van der Waals surface area contributed by atoms with Crippen LogP contribution in [0.2, 0.25) is 0 Å².